The molecule has 2 aliphatic heterocycles. The molecule has 5 rings (SSSR count). The molecule has 1 aliphatic carbocycles. The monoisotopic (exact) mass is 612 g/mol. The Morgan fingerprint density at radius 1 is 1.38 bits per heavy atom. The molecule has 0 radical (unpaired) electrons. The summed E-state index contributed by atoms with van der Waals surface area (Å²) in [5.41, 5.74) is -0.850. The van der Waals surface area contributed by atoms with Crippen LogP contribution in [0.1, 0.15) is 66.5 Å². The Kier molecular flexibility index (Phi) is 7.94. The normalized spacial score (nSPS) is 35.4. The number of aromatic nitrogens is 4. The SMILES string of the molecule is C=C(C)[C@@H]1CC[C@]2(C)S[P@@](=S)(OC[C@H]3O[C@@H](n4cnc5c(=O)[nH]cnc54)CC3O[Si](C)(C)C(C)(C)C)O[C@H]2C1. The summed E-state index contributed by atoms with van der Waals surface area (Å²) in [6, 6.07) is 0. The predicted octanol–water partition coefficient (Wildman–Crippen LogP) is 6.31. The zero-order chi connectivity index (χ0) is 28.4. The fourth-order valence-electron chi connectivity index (χ4n) is 5.38. The van der Waals surface area contributed by atoms with Crippen LogP contribution in [-0.2, 0) is 30.0 Å². The van der Waals surface area contributed by atoms with Crippen molar-refractivity contribution in [3.05, 3.63) is 35.2 Å². The number of H-pyrrole nitrogens is 1. The second-order valence-corrected chi connectivity index (χ2v) is 24.3. The van der Waals surface area contributed by atoms with Crippen LogP contribution in [0.15, 0.2) is 29.6 Å². The highest BCUT2D eigenvalue weighted by molar-refractivity contribution is 8.68. The van der Waals surface area contributed by atoms with Crippen LogP contribution >= 0.6 is 17.1 Å². The average molecular weight is 613 g/mol. The molecule has 0 bridgehead atoms. The molecule has 0 amide bonds. The van der Waals surface area contributed by atoms with Crippen LogP contribution in [0.2, 0.25) is 18.1 Å². The number of hydrogen-bond donors (Lipinski definition) is 1. The highest BCUT2D eigenvalue weighted by atomic mass is 32.9. The van der Waals surface area contributed by atoms with E-state index in [1.54, 1.807) is 17.7 Å². The first-order valence-corrected chi connectivity index (χ1v) is 20.6. The molecule has 1 N–H and O–H groups in total. The Labute approximate surface area is 240 Å². The average Bonchev–Trinajstić information content (AvgIpc) is 3.49. The number of rotatable bonds is 7. The van der Waals surface area contributed by atoms with Crippen molar-refractivity contribution in [1.29, 1.82) is 0 Å². The number of nitrogens with one attached hydrogen (secondary N) is 1. The zero-order valence-corrected chi connectivity index (χ0v) is 27.5. The lowest BCUT2D eigenvalue weighted by molar-refractivity contribution is -0.0367. The van der Waals surface area contributed by atoms with E-state index in [9.17, 15) is 4.79 Å². The van der Waals surface area contributed by atoms with E-state index in [4.69, 9.17) is 30.0 Å². The molecule has 39 heavy (non-hydrogen) atoms. The predicted molar refractivity (Wildman–Crippen MR) is 162 cm³/mol. The van der Waals surface area contributed by atoms with Gasteiger partial charge in [-0.25, -0.2) is 9.97 Å². The van der Waals surface area contributed by atoms with E-state index >= 15 is 0 Å². The number of allylic oxidation sites excluding steroid dienone is 1. The molecule has 1 saturated carbocycles. The number of nitrogens with zero attached hydrogens (tertiary/aromatic N) is 3. The molecule has 2 aromatic rings. The molecule has 7 atom stereocenters. The second-order valence-electron chi connectivity index (χ2n) is 12.9. The number of imidazole rings is 1. The van der Waals surface area contributed by atoms with E-state index < -0.39 is 14.0 Å². The van der Waals surface area contributed by atoms with Crippen molar-refractivity contribution in [3.8, 4) is 0 Å². The van der Waals surface area contributed by atoms with Gasteiger partial charge in [-0.2, -0.15) is 0 Å². The summed E-state index contributed by atoms with van der Waals surface area (Å²) in [4.78, 5) is 23.5. The smallest absolute Gasteiger partial charge is 0.278 e. The van der Waals surface area contributed by atoms with Crippen molar-refractivity contribution in [2.45, 2.75) is 108 Å². The molecule has 3 fully saturated rings. The third kappa shape index (κ3) is 5.77. The summed E-state index contributed by atoms with van der Waals surface area (Å²) in [6.07, 6.45) is 5.84. The van der Waals surface area contributed by atoms with Crippen LogP contribution in [-0.4, -0.2) is 57.5 Å². The van der Waals surface area contributed by atoms with Gasteiger partial charge >= 0.3 is 0 Å². The van der Waals surface area contributed by atoms with E-state index in [1.165, 1.54) is 11.9 Å². The maximum atomic E-state index is 12.2. The number of hydrogen-bond acceptors (Lipinski definition) is 9. The van der Waals surface area contributed by atoms with Gasteiger partial charge in [0.15, 0.2) is 19.5 Å². The maximum absolute atomic E-state index is 12.2. The van der Waals surface area contributed by atoms with Crippen molar-refractivity contribution >= 4 is 48.4 Å². The highest BCUT2D eigenvalue weighted by Gasteiger charge is 2.54. The van der Waals surface area contributed by atoms with Gasteiger partial charge in [0.1, 0.15) is 12.3 Å². The zero-order valence-electron chi connectivity index (χ0n) is 23.9. The quantitative estimate of drug-likeness (QED) is 0.219. The van der Waals surface area contributed by atoms with Gasteiger partial charge in [0.2, 0.25) is 5.69 Å². The van der Waals surface area contributed by atoms with E-state index in [0.29, 0.717) is 18.0 Å². The molecule has 0 spiro atoms. The minimum atomic E-state index is -2.57. The van der Waals surface area contributed by atoms with Gasteiger partial charge in [-0.3, -0.25) is 9.36 Å². The van der Waals surface area contributed by atoms with Gasteiger partial charge in [-0.05, 0) is 69.0 Å². The second kappa shape index (κ2) is 10.5. The molecule has 216 valence electrons. The van der Waals surface area contributed by atoms with Crippen molar-refractivity contribution in [3.63, 3.8) is 0 Å². The van der Waals surface area contributed by atoms with E-state index in [2.05, 4.69) is 69.2 Å². The third-order valence-electron chi connectivity index (χ3n) is 8.95. The Bertz CT molecular complexity index is 1360. The first-order chi connectivity index (χ1) is 18.1. The highest BCUT2D eigenvalue weighted by Crippen LogP contribution is 2.75. The number of aromatic amines is 1. The van der Waals surface area contributed by atoms with Crippen LogP contribution < -0.4 is 5.56 Å². The molecular formula is C26H41N4O5PS2Si. The molecule has 1 unspecified atom stereocenters. The van der Waals surface area contributed by atoms with Gasteiger partial charge in [-0.15, -0.1) is 0 Å². The Hall–Kier alpha value is -0.853. The molecule has 9 nitrogen and oxygen atoms in total. The van der Waals surface area contributed by atoms with Crippen LogP contribution in [0.25, 0.3) is 11.2 Å². The van der Waals surface area contributed by atoms with Gasteiger partial charge < -0.3 is 23.2 Å². The minimum Gasteiger partial charge on any atom is -0.411 e. The lowest BCUT2D eigenvalue weighted by Crippen LogP contribution is -2.46. The first kappa shape index (κ1) is 29.6. The van der Waals surface area contributed by atoms with E-state index in [-0.39, 0.29) is 52.0 Å². The van der Waals surface area contributed by atoms with E-state index in [0.717, 1.165) is 19.3 Å². The Balaban J connectivity index is 1.35. The lowest BCUT2D eigenvalue weighted by atomic mass is 9.77. The minimum absolute atomic E-state index is 0.0355. The molecule has 3 aliphatic rings. The fourth-order valence-corrected chi connectivity index (χ4v) is 13.9. The summed E-state index contributed by atoms with van der Waals surface area (Å²) in [5.74, 6) is 0.470. The van der Waals surface area contributed by atoms with Crippen LogP contribution in [0.5, 0.6) is 0 Å². The summed E-state index contributed by atoms with van der Waals surface area (Å²) < 4.78 is 28.2. The number of fused-ring (bicyclic) bond motifs is 2. The van der Waals surface area contributed by atoms with Gasteiger partial charge in [0, 0.05) is 11.2 Å². The lowest BCUT2D eigenvalue weighted by Gasteiger charge is -2.39. The summed E-state index contributed by atoms with van der Waals surface area (Å²) in [5, 5.41) is 0.0355. The summed E-state index contributed by atoms with van der Waals surface area (Å²) in [6.45, 7) is 20.0. The van der Waals surface area contributed by atoms with Crippen molar-refractivity contribution in [2.75, 3.05) is 6.61 Å². The van der Waals surface area contributed by atoms with Gasteiger partial charge in [0.25, 0.3) is 5.56 Å². The van der Waals surface area contributed by atoms with Crippen LogP contribution in [0, 0.1) is 5.92 Å². The van der Waals surface area contributed by atoms with Gasteiger partial charge in [0.05, 0.1) is 31.5 Å². The first-order valence-electron chi connectivity index (χ1n) is 13.6. The van der Waals surface area contributed by atoms with E-state index in [1.807, 2.05) is 4.57 Å². The molecular weight excluding hydrogens is 572 g/mol. The summed E-state index contributed by atoms with van der Waals surface area (Å²) in [7, 11) is -2.12. The van der Waals surface area contributed by atoms with Crippen molar-refractivity contribution in [2.24, 2.45) is 5.92 Å². The largest absolute Gasteiger partial charge is 0.411 e. The third-order valence-corrected chi connectivity index (χ3v) is 19.3. The number of ether oxygens (including phenoxy) is 1. The Morgan fingerprint density at radius 2 is 2.13 bits per heavy atom. The summed E-state index contributed by atoms with van der Waals surface area (Å²) >= 11 is 7.76. The topological polar surface area (TPSA) is 100 Å². The molecule has 0 aromatic carbocycles. The fraction of sp³-hybridized carbons (Fsp3) is 0.731. The molecule has 13 heteroatoms. The van der Waals surface area contributed by atoms with Gasteiger partial charge in [-0.1, -0.05) is 44.3 Å². The van der Waals surface area contributed by atoms with Crippen LogP contribution in [0.3, 0.4) is 0 Å². The molecule has 2 saturated heterocycles. The standard InChI is InChI=1S/C26H41N4O5PS2Si/c1-16(2)17-9-10-26(6)20(11-17)34-36(37,38-26)32-13-19-18(35-39(7,8)25(3,4)5)12-21(33-19)30-15-29-22-23(30)27-14-28-24(22)31/h14-15,17-21H,1,9-13H2,2-8H3,(H,27,28,31)/t17-,18?,19-,20+,21-,26+,36+/m1/s1. The van der Waals surface area contributed by atoms with Crippen molar-refractivity contribution in [1.82, 2.24) is 19.5 Å². The maximum Gasteiger partial charge on any atom is 0.278 e. The molecule has 4 heterocycles. The Morgan fingerprint density at radius 3 is 2.82 bits per heavy atom. The van der Waals surface area contributed by atoms with Crippen LogP contribution in [0.4, 0.5) is 0 Å². The van der Waals surface area contributed by atoms with Crippen molar-refractivity contribution < 1.29 is 18.2 Å². The molecule has 2 aromatic heterocycles.